The molecule has 15 heavy (non-hydrogen) atoms. The van der Waals surface area contributed by atoms with E-state index in [9.17, 15) is 9.59 Å². The van der Waals surface area contributed by atoms with Gasteiger partial charge in [0.15, 0.2) is 0 Å². The molecule has 0 amide bonds. The first-order valence-corrected chi connectivity index (χ1v) is 4.89. The lowest BCUT2D eigenvalue weighted by Crippen LogP contribution is -2.35. The molecule has 0 spiro atoms. The summed E-state index contributed by atoms with van der Waals surface area (Å²) in [6.07, 6.45) is 0.886. The second-order valence-electron chi connectivity index (χ2n) is 3.85. The Bertz CT molecular complexity index is 444. The minimum Gasteiger partial charge on any atom is -0.356 e. The van der Waals surface area contributed by atoms with Crippen LogP contribution >= 0.6 is 0 Å². The van der Waals surface area contributed by atoms with Gasteiger partial charge in [0.2, 0.25) is 0 Å². The first-order chi connectivity index (χ1) is 7.08. The highest BCUT2D eigenvalue weighted by molar-refractivity contribution is 5.38. The maximum absolute atomic E-state index is 11.4. The molecule has 1 atom stereocenters. The molecule has 1 aromatic rings. The van der Waals surface area contributed by atoms with Gasteiger partial charge in [-0.15, -0.1) is 0 Å². The van der Waals surface area contributed by atoms with Gasteiger partial charge in [0, 0.05) is 32.2 Å². The molecule has 1 fully saturated rings. The predicted molar refractivity (Wildman–Crippen MR) is 57.1 cm³/mol. The molecule has 1 aliphatic heterocycles. The van der Waals surface area contributed by atoms with E-state index >= 15 is 0 Å². The van der Waals surface area contributed by atoms with Gasteiger partial charge >= 0.3 is 5.69 Å². The van der Waals surface area contributed by atoms with Gasteiger partial charge in [-0.05, 0) is 6.42 Å². The fraction of sp³-hybridized carbons (Fsp3) is 0.556. The lowest BCUT2D eigenvalue weighted by Gasteiger charge is -2.16. The average molecular weight is 210 g/mol. The van der Waals surface area contributed by atoms with Crippen LogP contribution in [0.3, 0.4) is 0 Å². The second-order valence-corrected chi connectivity index (χ2v) is 3.85. The van der Waals surface area contributed by atoms with Crippen molar-refractivity contribution in [3.05, 3.63) is 26.9 Å². The Morgan fingerprint density at radius 2 is 2.27 bits per heavy atom. The van der Waals surface area contributed by atoms with Crippen molar-refractivity contribution in [2.24, 2.45) is 12.8 Å². The highest BCUT2D eigenvalue weighted by Crippen LogP contribution is 2.13. The third-order valence-electron chi connectivity index (χ3n) is 2.70. The minimum atomic E-state index is -0.391. The van der Waals surface area contributed by atoms with Crippen LogP contribution in [0.1, 0.15) is 6.42 Å². The van der Waals surface area contributed by atoms with Crippen LogP contribution in [-0.2, 0) is 7.05 Å². The Balaban J connectivity index is 2.38. The predicted octanol–water partition coefficient (Wildman–Crippen LogP) is -1.39. The molecule has 0 radical (unpaired) electrons. The van der Waals surface area contributed by atoms with Crippen molar-refractivity contribution < 1.29 is 0 Å². The van der Waals surface area contributed by atoms with Gasteiger partial charge in [-0.3, -0.25) is 14.3 Å². The first-order valence-electron chi connectivity index (χ1n) is 4.89. The number of nitrogens with zero attached hydrogens (tertiary/aromatic N) is 2. The third-order valence-corrected chi connectivity index (χ3v) is 2.70. The number of hydrogen-bond acceptors (Lipinski definition) is 4. The van der Waals surface area contributed by atoms with Gasteiger partial charge in [0.05, 0.1) is 0 Å². The maximum Gasteiger partial charge on any atom is 0.329 e. The van der Waals surface area contributed by atoms with Crippen LogP contribution in [0.2, 0.25) is 0 Å². The normalized spacial score (nSPS) is 20.9. The van der Waals surface area contributed by atoms with Gasteiger partial charge in [-0.2, -0.15) is 0 Å². The van der Waals surface area contributed by atoms with Crippen LogP contribution in [0.15, 0.2) is 15.7 Å². The molecule has 2 heterocycles. The van der Waals surface area contributed by atoms with Crippen LogP contribution in [-0.4, -0.2) is 28.7 Å². The largest absolute Gasteiger partial charge is 0.356 e. The number of hydrogen-bond donors (Lipinski definition) is 2. The Morgan fingerprint density at radius 1 is 1.53 bits per heavy atom. The molecule has 1 saturated heterocycles. The summed E-state index contributed by atoms with van der Waals surface area (Å²) < 4.78 is 1.04. The van der Waals surface area contributed by atoms with E-state index in [4.69, 9.17) is 5.73 Å². The average Bonchev–Trinajstić information content (AvgIpc) is 2.60. The van der Waals surface area contributed by atoms with Crippen LogP contribution in [0, 0.1) is 0 Å². The molecule has 6 nitrogen and oxygen atoms in total. The smallest absolute Gasteiger partial charge is 0.329 e. The van der Waals surface area contributed by atoms with E-state index in [1.54, 1.807) is 0 Å². The van der Waals surface area contributed by atoms with Gasteiger partial charge in [0.25, 0.3) is 5.56 Å². The highest BCUT2D eigenvalue weighted by atomic mass is 16.2. The van der Waals surface area contributed by atoms with Crippen molar-refractivity contribution in [1.82, 2.24) is 9.55 Å². The maximum atomic E-state index is 11.4. The zero-order valence-corrected chi connectivity index (χ0v) is 8.56. The summed E-state index contributed by atoms with van der Waals surface area (Å²) in [4.78, 5) is 27.3. The Morgan fingerprint density at radius 3 is 2.80 bits per heavy atom. The molecular weight excluding hydrogens is 196 g/mol. The van der Waals surface area contributed by atoms with Gasteiger partial charge < -0.3 is 10.6 Å². The summed E-state index contributed by atoms with van der Waals surface area (Å²) in [7, 11) is 1.45. The van der Waals surface area contributed by atoms with Crippen molar-refractivity contribution in [1.29, 1.82) is 0 Å². The summed E-state index contributed by atoms with van der Waals surface area (Å²) >= 11 is 0. The summed E-state index contributed by atoms with van der Waals surface area (Å²) in [6.45, 7) is 1.47. The number of rotatable bonds is 1. The molecule has 2 rings (SSSR count). The van der Waals surface area contributed by atoms with Crippen LogP contribution < -0.4 is 21.9 Å². The van der Waals surface area contributed by atoms with Gasteiger partial charge in [0.1, 0.15) is 5.82 Å². The van der Waals surface area contributed by atoms with E-state index in [2.05, 4.69) is 4.98 Å². The topological polar surface area (TPSA) is 84.1 Å². The van der Waals surface area contributed by atoms with Gasteiger partial charge in [-0.25, -0.2) is 4.79 Å². The number of anilines is 1. The van der Waals surface area contributed by atoms with E-state index in [-0.39, 0.29) is 11.6 Å². The molecule has 6 heteroatoms. The molecule has 0 saturated carbocycles. The monoisotopic (exact) mass is 210 g/mol. The highest BCUT2D eigenvalue weighted by Gasteiger charge is 2.20. The van der Waals surface area contributed by atoms with Crippen molar-refractivity contribution in [2.75, 3.05) is 18.0 Å². The molecule has 82 valence electrons. The second kappa shape index (κ2) is 3.54. The minimum absolute atomic E-state index is 0.123. The van der Waals surface area contributed by atoms with E-state index < -0.39 is 5.69 Å². The fourth-order valence-electron chi connectivity index (χ4n) is 1.72. The van der Waals surface area contributed by atoms with Crippen LogP contribution in [0.25, 0.3) is 0 Å². The van der Waals surface area contributed by atoms with Crippen molar-refractivity contribution in [3.63, 3.8) is 0 Å². The SMILES string of the molecule is Cn1c(=O)cc(N2CC[C@@H](N)C2)[nH]c1=O. The molecule has 1 aromatic heterocycles. The molecule has 1 aliphatic rings. The number of H-pyrrole nitrogens is 1. The number of nitrogens with two attached hydrogens (primary N) is 1. The van der Waals surface area contributed by atoms with Crippen LogP contribution in [0.5, 0.6) is 0 Å². The lowest BCUT2D eigenvalue weighted by atomic mass is 10.3. The van der Waals surface area contributed by atoms with Crippen molar-refractivity contribution >= 4 is 5.82 Å². The summed E-state index contributed by atoms with van der Waals surface area (Å²) in [5.41, 5.74) is 5.06. The van der Waals surface area contributed by atoms with Crippen molar-refractivity contribution in [2.45, 2.75) is 12.5 Å². The number of aromatic nitrogens is 2. The molecule has 0 aliphatic carbocycles. The van der Waals surface area contributed by atoms with E-state index in [0.717, 1.165) is 17.5 Å². The Kier molecular flexibility index (Phi) is 2.36. The van der Waals surface area contributed by atoms with E-state index in [1.165, 1.54) is 13.1 Å². The molecule has 0 aromatic carbocycles. The zero-order chi connectivity index (χ0) is 11.0. The standard InChI is InChI=1S/C9H14N4O2/c1-12-8(14)4-7(11-9(12)15)13-3-2-6(10)5-13/h4,6H,2-3,5,10H2,1H3,(H,11,15)/t6-/m1/s1. The van der Waals surface area contributed by atoms with E-state index in [0.29, 0.717) is 12.4 Å². The van der Waals surface area contributed by atoms with Crippen LogP contribution in [0.4, 0.5) is 5.82 Å². The fourth-order valence-corrected chi connectivity index (χ4v) is 1.72. The zero-order valence-electron chi connectivity index (χ0n) is 8.56. The molecular formula is C9H14N4O2. The number of nitrogens with one attached hydrogen (secondary N) is 1. The first kappa shape index (κ1) is 9.97. The number of aromatic amines is 1. The summed E-state index contributed by atoms with van der Waals surface area (Å²) in [6, 6.07) is 1.55. The summed E-state index contributed by atoms with van der Waals surface area (Å²) in [5.74, 6) is 0.566. The Labute approximate surface area is 86.3 Å². The third kappa shape index (κ3) is 1.80. The molecule has 3 N–H and O–H groups in total. The van der Waals surface area contributed by atoms with Gasteiger partial charge in [-0.1, -0.05) is 0 Å². The quantitative estimate of drug-likeness (QED) is 0.598. The van der Waals surface area contributed by atoms with Crippen molar-refractivity contribution in [3.8, 4) is 0 Å². The molecule has 0 bridgehead atoms. The van der Waals surface area contributed by atoms with E-state index in [1.807, 2.05) is 4.90 Å². The lowest BCUT2D eigenvalue weighted by molar-refractivity contribution is 0.744. The molecule has 0 unspecified atom stereocenters. The summed E-state index contributed by atoms with van der Waals surface area (Å²) in [5, 5.41) is 0. The Hall–Kier alpha value is -1.56.